The van der Waals surface area contributed by atoms with Crippen molar-refractivity contribution in [1.82, 2.24) is 10.2 Å². The third-order valence-electron chi connectivity index (χ3n) is 4.77. The lowest BCUT2D eigenvalue weighted by molar-refractivity contribution is 0.343. The molecule has 1 heterocycles. The topological polar surface area (TPSA) is 15.3 Å². The van der Waals surface area contributed by atoms with Crippen LogP contribution in [-0.4, -0.2) is 31.1 Å². The summed E-state index contributed by atoms with van der Waals surface area (Å²) in [4.78, 5) is 2.49. The van der Waals surface area contributed by atoms with Gasteiger partial charge in [0.15, 0.2) is 0 Å². The first-order chi connectivity index (χ1) is 11.5. The summed E-state index contributed by atoms with van der Waals surface area (Å²) in [6.45, 7) is 21.1. The Bertz CT molecular complexity index is 706. The Morgan fingerprint density at radius 1 is 1.29 bits per heavy atom. The quantitative estimate of drug-likeness (QED) is 0.829. The van der Waals surface area contributed by atoms with Gasteiger partial charge in [0, 0.05) is 18.8 Å². The number of hydrogen-bond donors (Lipinski definition) is 1. The van der Waals surface area contributed by atoms with Crippen molar-refractivity contribution in [2.75, 3.05) is 26.2 Å². The fourth-order valence-electron chi connectivity index (χ4n) is 3.13. The molecule has 1 N–H and O–H groups in total. The zero-order valence-electron chi connectivity index (χ0n) is 15.5. The van der Waals surface area contributed by atoms with E-state index in [0.717, 1.165) is 36.3 Å². The average Bonchev–Trinajstić information content (AvgIpc) is 3.08. The molecule has 1 fully saturated rings. The molecule has 2 heteroatoms. The third kappa shape index (κ3) is 4.85. The van der Waals surface area contributed by atoms with Crippen LogP contribution in [0.1, 0.15) is 45.6 Å². The first kappa shape index (κ1) is 18.5. The number of allylic oxidation sites excluding steroid dienone is 1. The highest BCUT2D eigenvalue weighted by Crippen LogP contribution is 2.09. The lowest BCUT2D eigenvalue weighted by atomic mass is 10.0. The fourth-order valence-corrected chi connectivity index (χ4v) is 3.13. The number of benzene rings is 1. The van der Waals surface area contributed by atoms with Crippen molar-refractivity contribution in [3.63, 3.8) is 0 Å². The molecule has 1 aliphatic heterocycles. The van der Waals surface area contributed by atoms with E-state index in [-0.39, 0.29) is 0 Å². The van der Waals surface area contributed by atoms with Crippen LogP contribution in [0.3, 0.4) is 0 Å². The lowest BCUT2D eigenvalue weighted by Gasteiger charge is -2.16. The highest BCUT2D eigenvalue weighted by molar-refractivity contribution is 5.65. The van der Waals surface area contributed by atoms with Gasteiger partial charge < -0.3 is 10.2 Å². The molecule has 1 aromatic rings. The Balaban J connectivity index is 2.16. The van der Waals surface area contributed by atoms with E-state index in [0.29, 0.717) is 0 Å². The van der Waals surface area contributed by atoms with Gasteiger partial charge in [-0.05, 0) is 80.4 Å². The average molecular weight is 324 g/mol. The summed E-state index contributed by atoms with van der Waals surface area (Å²) in [7, 11) is 0. The second-order valence-corrected chi connectivity index (χ2v) is 6.71. The van der Waals surface area contributed by atoms with Gasteiger partial charge in [0.2, 0.25) is 0 Å². The molecule has 0 spiro atoms. The van der Waals surface area contributed by atoms with Crippen LogP contribution in [0.25, 0.3) is 17.3 Å². The molecule has 1 saturated heterocycles. The molecule has 0 unspecified atom stereocenters. The Hall–Kier alpha value is -1.80. The van der Waals surface area contributed by atoms with Gasteiger partial charge in [-0.1, -0.05) is 37.3 Å². The smallest absolute Gasteiger partial charge is 0.0415 e. The normalized spacial score (nSPS) is 17.0. The van der Waals surface area contributed by atoms with Gasteiger partial charge in [0.25, 0.3) is 0 Å². The van der Waals surface area contributed by atoms with Gasteiger partial charge in [-0.3, -0.25) is 0 Å². The predicted molar refractivity (Wildman–Crippen MR) is 106 cm³/mol. The van der Waals surface area contributed by atoms with Gasteiger partial charge in [-0.25, -0.2) is 0 Å². The molecule has 0 bridgehead atoms. The molecule has 0 saturated carbocycles. The van der Waals surface area contributed by atoms with E-state index >= 15 is 0 Å². The highest BCUT2D eigenvalue weighted by atomic mass is 15.1. The standard InChI is InChI=1S/C22H31N2/c1-6-9-20-10-11-21(16-22(20)18(4)17(2)3)19(5)23-12-15-24-13-7-8-14-24/h5,9-11,16,23H,2,6-8,12-15H2,1,3-4H3/b19-5?,20-9+,22-18-. The van der Waals surface area contributed by atoms with E-state index in [2.05, 4.69) is 61.8 Å². The van der Waals surface area contributed by atoms with Gasteiger partial charge in [0.05, 0.1) is 0 Å². The largest absolute Gasteiger partial charge is 0.383 e. The van der Waals surface area contributed by atoms with E-state index < -0.39 is 0 Å². The molecule has 1 aromatic carbocycles. The summed E-state index contributed by atoms with van der Waals surface area (Å²) < 4.78 is 0. The molecule has 2 rings (SSSR count). The molecule has 1 aliphatic rings. The summed E-state index contributed by atoms with van der Waals surface area (Å²) in [5, 5.41) is 5.87. The molecule has 0 aliphatic carbocycles. The van der Waals surface area contributed by atoms with Crippen LogP contribution in [0, 0.1) is 6.58 Å². The van der Waals surface area contributed by atoms with Crippen molar-refractivity contribution in [3.8, 4) is 0 Å². The van der Waals surface area contributed by atoms with Crippen molar-refractivity contribution < 1.29 is 0 Å². The zero-order chi connectivity index (χ0) is 17.5. The molecule has 0 amide bonds. The van der Waals surface area contributed by atoms with Crippen LogP contribution in [0.4, 0.5) is 0 Å². The Morgan fingerprint density at radius 2 is 2.00 bits per heavy atom. The molecular formula is C22H31N2. The third-order valence-corrected chi connectivity index (χ3v) is 4.77. The Labute approximate surface area is 147 Å². The second kappa shape index (κ2) is 8.89. The summed E-state index contributed by atoms with van der Waals surface area (Å²) in [6.07, 6.45) is 5.92. The van der Waals surface area contributed by atoms with Crippen molar-refractivity contribution in [3.05, 3.63) is 52.9 Å². The van der Waals surface area contributed by atoms with Gasteiger partial charge >= 0.3 is 0 Å². The number of rotatable bonds is 7. The van der Waals surface area contributed by atoms with Crippen molar-refractivity contribution >= 4 is 17.3 Å². The van der Waals surface area contributed by atoms with Crippen LogP contribution < -0.4 is 15.8 Å². The lowest BCUT2D eigenvalue weighted by Crippen LogP contribution is -2.30. The molecule has 2 nitrogen and oxygen atoms in total. The molecule has 24 heavy (non-hydrogen) atoms. The number of likely N-dealkylation sites (tertiary alicyclic amines) is 1. The van der Waals surface area contributed by atoms with Crippen molar-refractivity contribution in [2.45, 2.75) is 40.0 Å². The SMILES string of the molecule is [CH]=C(NCCN1CCCC1)c1ccc(=C\CC)/c(=C(/C)C(=C)C)c1. The van der Waals surface area contributed by atoms with Crippen molar-refractivity contribution in [1.29, 1.82) is 0 Å². The summed E-state index contributed by atoms with van der Waals surface area (Å²) in [5.74, 6) is 0. The fraction of sp³-hybridized carbons (Fsp3) is 0.455. The minimum Gasteiger partial charge on any atom is -0.383 e. The summed E-state index contributed by atoms with van der Waals surface area (Å²) in [6, 6.07) is 6.45. The van der Waals surface area contributed by atoms with Gasteiger partial charge in [0.1, 0.15) is 0 Å². The summed E-state index contributed by atoms with van der Waals surface area (Å²) in [5.41, 5.74) is 4.13. The predicted octanol–water partition coefficient (Wildman–Crippen LogP) is 3.08. The number of hydrogen-bond acceptors (Lipinski definition) is 2. The molecule has 1 radical (unpaired) electrons. The van der Waals surface area contributed by atoms with Crippen molar-refractivity contribution in [2.24, 2.45) is 0 Å². The van der Waals surface area contributed by atoms with Crippen LogP contribution in [0.15, 0.2) is 30.4 Å². The van der Waals surface area contributed by atoms with Crippen LogP contribution in [0.5, 0.6) is 0 Å². The van der Waals surface area contributed by atoms with E-state index in [9.17, 15) is 0 Å². The van der Waals surface area contributed by atoms with E-state index in [4.69, 9.17) is 6.58 Å². The molecule has 0 atom stereocenters. The first-order valence-corrected chi connectivity index (χ1v) is 9.09. The van der Waals surface area contributed by atoms with E-state index in [1.54, 1.807) is 0 Å². The van der Waals surface area contributed by atoms with Gasteiger partial charge in [-0.15, -0.1) is 0 Å². The zero-order valence-corrected chi connectivity index (χ0v) is 15.5. The van der Waals surface area contributed by atoms with Crippen LogP contribution >= 0.6 is 0 Å². The monoisotopic (exact) mass is 323 g/mol. The van der Waals surface area contributed by atoms with E-state index in [1.807, 2.05) is 0 Å². The molecular weight excluding hydrogens is 292 g/mol. The maximum absolute atomic E-state index is 6.29. The molecule has 0 aromatic heterocycles. The maximum atomic E-state index is 6.29. The maximum Gasteiger partial charge on any atom is 0.0415 e. The van der Waals surface area contributed by atoms with Gasteiger partial charge in [-0.2, -0.15) is 0 Å². The van der Waals surface area contributed by atoms with Crippen LogP contribution in [0.2, 0.25) is 0 Å². The minimum absolute atomic E-state index is 0.757. The number of nitrogens with one attached hydrogen (secondary N) is 1. The first-order valence-electron chi connectivity index (χ1n) is 9.09. The Kier molecular flexibility index (Phi) is 6.86. The summed E-state index contributed by atoms with van der Waals surface area (Å²) >= 11 is 0. The highest BCUT2D eigenvalue weighted by Gasteiger charge is 2.10. The number of nitrogens with zero attached hydrogens (tertiary/aromatic N) is 1. The Morgan fingerprint density at radius 3 is 2.62 bits per heavy atom. The minimum atomic E-state index is 0.757. The second-order valence-electron chi connectivity index (χ2n) is 6.71. The van der Waals surface area contributed by atoms with E-state index in [1.165, 1.54) is 41.9 Å². The van der Waals surface area contributed by atoms with Crippen LogP contribution in [-0.2, 0) is 0 Å². The molecule has 129 valence electrons.